The minimum absolute atomic E-state index is 0.801. The van der Waals surface area contributed by atoms with Crippen molar-refractivity contribution in [1.29, 1.82) is 0 Å². The zero-order valence-electron chi connectivity index (χ0n) is 11.8. The fourth-order valence-electron chi connectivity index (χ4n) is 3.10. The van der Waals surface area contributed by atoms with Gasteiger partial charge in [-0.3, -0.25) is 4.90 Å². The maximum absolute atomic E-state index is 3.73. The lowest BCUT2D eigenvalue weighted by Crippen LogP contribution is -2.47. The third-order valence-electron chi connectivity index (χ3n) is 4.49. The van der Waals surface area contributed by atoms with Crippen molar-refractivity contribution in [2.75, 3.05) is 19.6 Å². The Kier molecular flexibility index (Phi) is 5.30. The second kappa shape index (κ2) is 6.75. The van der Waals surface area contributed by atoms with Gasteiger partial charge in [-0.05, 0) is 44.6 Å². The van der Waals surface area contributed by atoms with Crippen LogP contribution in [0.4, 0.5) is 0 Å². The van der Waals surface area contributed by atoms with Gasteiger partial charge in [0.2, 0.25) is 0 Å². The van der Waals surface area contributed by atoms with E-state index in [1.54, 1.807) is 0 Å². The SMILES string of the molecule is CCCC(CNC1CC1)N1CCCC(CC)C1. The van der Waals surface area contributed by atoms with E-state index in [0.29, 0.717) is 0 Å². The van der Waals surface area contributed by atoms with Crippen molar-refractivity contribution in [1.82, 2.24) is 10.2 Å². The summed E-state index contributed by atoms with van der Waals surface area (Å²) < 4.78 is 0. The van der Waals surface area contributed by atoms with E-state index >= 15 is 0 Å². The molecule has 1 aliphatic carbocycles. The molecule has 2 unspecified atom stereocenters. The summed E-state index contributed by atoms with van der Waals surface area (Å²) >= 11 is 0. The summed E-state index contributed by atoms with van der Waals surface area (Å²) in [7, 11) is 0. The number of likely N-dealkylation sites (tertiary alicyclic amines) is 1. The topological polar surface area (TPSA) is 15.3 Å². The standard InChI is InChI=1S/C15H30N2/c1-3-6-15(11-16-14-8-9-14)17-10-5-7-13(4-2)12-17/h13-16H,3-12H2,1-2H3. The van der Waals surface area contributed by atoms with Gasteiger partial charge in [-0.1, -0.05) is 26.7 Å². The van der Waals surface area contributed by atoms with Gasteiger partial charge in [-0.2, -0.15) is 0 Å². The van der Waals surface area contributed by atoms with E-state index < -0.39 is 0 Å². The minimum atomic E-state index is 0.801. The Labute approximate surface area is 107 Å². The average molecular weight is 238 g/mol. The van der Waals surface area contributed by atoms with Crippen LogP contribution in [-0.4, -0.2) is 36.6 Å². The van der Waals surface area contributed by atoms with Gasteiger partial charge in [0, 0.05) is 25.2 Å². The van der Waals surface area contributed by atoms with Crippen LogP contribution in [0.1, 0.15) is 58.8 Å². The first-order valence-electron chi connectivity index (χ1n) is 7.80. The van der Waals surface area contributed by atoms with Crippen LogP contribution >= 0.6 is 0 Å². The fourth-order valence-corrected chi connectivity index (χ4v) is 3.10. The average Bonchev–Trinajstić information content (AvgIpc) is 3.18. The maximum atomic E-state index is 3.73. The van der Waals surface area contributed by atoms with E-state index in [1.807, 2.05) is 0 Å². The molecule has 2 rings (SSSR count). The third-order valence-corrected chi connectivity index (χ3v) is 4.49. The van der Waals surface area contributed by atoms with Crippen LogP contribution in [0.3, 0.4) is 0 Å². The highest BCUT2D eigenvalue weighted by atomic mass is 15.2. The van der Waals surface area contributed by atoms with E-state index in [-0.39, 0.29) is 0 Å². The van der Waals surface area contributed by atoms with Gasteiger partial charge in [0.15, 0.2) is 0 Å². The molecule has 0 bridgehead atoms. The summed E-state index contributed by atoms with van der Waals surface area (Å²) in [6.07, 6.45) is 9.77. The molecule has 2 nitrogen and oxygen atoms in total. The Morgan fingerprint density at radius 2 is 2.06 bits per heavy atom. The van der Waals surface area contributed by atoms with Gasteiger partial charge in [0.1, 0.15) is 0 Å². The molecule has 1 heterocycles. The maximum Gasteiger partial charge on any atom is 0.0220 e. The molecule has 1 saturated heterocycles. The molecule has 1 aliphatic heterocycles. The molecular weight excluding hydrogens is 208 g/mol. The second-order valence-corrected chi connectivity index (χ2v) is 6.04. The van der Waals surface area contributed by atoms with Crippen LogP contribution in [-0.2, 0) is 0 Å². The quantitative estimate of drug-likeness (QED) is 0.733. The Bertz CT molecular complexity index is 213. The van der Waals surface area contributed by atoms with E-state index in [2.05, 4.69) is 24.1 Å². The Hall–Kier alpha value is -0.0800. The number of nitrogens with one attached hydrogen (secondary N) is 1. The van der Waals surface area contributed by atoms with Crippen LogP contribution in [0, 0.1) is 5.92 Å². The molecule has 2 atom stereocenters. The number of piperidine rings is 1. The van der Waals surface area contributed by atoms with Crippen molar-refractivity contribution in [3.05, 3.63) is 0 Å². The second-order valence-electron chi connectivity index (χ2n) is 6.04. The minimum Gasteiger partial charge on any atom is -0.312 e. The zero-order valence-corrected chi connectivity index (χ0v) is 11.8. The van der Waals surface area contributed by atoms with E-state index in [4.69, 9.17) is 0 Å². The third kappa shape index (κ3) is 4.26. The molecular formula is C15H30N2. The van der Waals surface area contributed by atoms with Gasteiger partial charge in [-0.15, -0.1) is 0 Å². The Morgan fingerprint density at radius 3 is 2.71 bits per heavy atom. The highest BCUT2D eigenvalue weighted by Gasteiger charge is 2.27. The van der Waals surface area contributed by atoms with Crippen LogP contribution in [0.2, 0.25) is 0 Å². The molecule has 1 saturated carbocycles. The van der Waals surface area contributed by atoms with Crippen molar-refractivity contribution in [2.45, 2.75) is 70.9 Å². The van der Waals surface area contributed by atoms with Crippen molar-refractivity contribution >= 4 is 0 Å². The largest absolute Gasteiger partial charge is 0.312 e. The fraction of sp³-hybridized carbons (Fsp3) is 1.00. The number of nitrogens with zero attached hydrogens (tertiary/aromatic N) is 1. The smallest absolute Gasteiger partial charge is 0.0220 e. The van der Waals surface area contributed by atoms with Crippen LogP contribution in [0.25, 0.3) is 0 Å². The first kappa shape index (κ1) is 13.4. The van der Waals surface area contributed by atoms with Gasteiger partial charge < -0.3 is 5.32 Å². The summed E-state index contributed by atoms with van der Waals surface area (Å²) in [6.45, 7) is 8.60. The summed E-state index contributed by atoms with van der Waals surface area (Å²) in [6, 6.07) is 1.66. The van der Waals surface area contributed by atoms with E-state index in [0.717, 1.165) is 18.0 Å². The van der Waals surface area contributed by atoms with E-state index in [1.165, 1.54) is 64.6 Å². The van der Waals surface area contributed by atoms with Crippen molar-refractivity contribution in [3.8, 4) is 0 Å². The van der Waals surface area contributed by atoms with Crippen molar-refractivity contribution in [3.63, 3.8) is 0 Å². The molecule has 2 heteroatoms. The first-order chi connectivity index (χ1) is 8.33. The van der Waals surface area contributed by atoms with Crippen molar-refractivity contribution < 1.29 is 0 Å². The molecule has 0 amide bonds. The zero-order chi connectivity index (χ0) is 12.1. The lowest BCUT2D eigenvalue weighted by molar-refractivity contribution is 0.113. The molecule has 0 radical (unpaired) electrons. The summed E-state index contributed by atoms with van der Waals surface area (Å²) in [5.41, 5.74) is 0. The molecule has 0 aromatic carbocycles. The van der Waals surface area contributed by atoms with Gasteiger partial charge in [0.25, 0.3) is 0 Å². The first-order valence-corrected chi connectivity index (χ1v) is 7.80. The highest BCUT2D eigenvalue weighted by molar-refractivity contribution is 4.85. The summed E-state index contributed by atoms with van der Waals surface area (Å²) in [5, 5.41) is 3.73. The predicted molar refractivity (Wildman–Crippen MR) is 74.3 cm³/mol. The lowest BCUT2D eigenvalue weighted by Gasteiger charge is -2.38. The normalized spacial score (nSPS) is 28.2. The van der Waals surface area contributed by atoms with Crippen LogP contribution < -0.4 is 5.32 Å². The lowest BCUT2D eigenvalue weighted by atomic mass is 9.93. The molecule has 2 fully saturated rings. The van der Waals surface area contributed by atoms with Crippen LogP contribution in [0.5, 0.6) is 0 Å². The summed E-state index contributed by atoms with van der Waals surface area (Å²) in [4.78, 5) is 2.77. The van der Waals surface area contributed by atoms with Gasteiger partial charge in [-0.25, -0.2) is 0 Å². The van der Waals surface area contributed by atoms with Crippen LogP contribution in [0.15, 0.2) is 0 Å². The van der Waals surface area contributed by atoms with E-state index in [9.17, 15) is 0 Å². The molecule has 2 aliphatic rings. The van der Waals surface area contributed by atoms with Gasteiger partial charge in [0.05, 0.1) is 0 Å². The molecule has 17 heavy (non-hydrogen) atoms. The monoisotopic (exact) mass is 238 g/mol. The molecule has 100 valence electrons. The Balaban J connectivity index is 1.79. The number of hydrogen-bond acceptors (Lipinski definition) is 2. The molecule has 0 spiro atoms. The van der Waals surface area contributed by atoms with Crippen molar-refractivity contribution in [2.24, 2.45) is 5.92 Å². The molecule has 1 N–H and O–H groups in total. The molecule has 0 aromatic rings. The van der Waals surface area contributed by atoms with Gasteiger partial charge >= 0.3 is 0 Å². The highest BCUT2D eigenvalue weighted by Crippen LogP contribution is 2.23. The molecule has 0 aromatic heterocycles. The Morgan fingerprint density at radius 1 is 1.24 bits per heavy atom. The number of rotatable bonds is 7. The predicted octanol–water partition coefficient (Wildman–Crippen LogP) is 3.03. The summed E-state index contributed by atoms with van der Waals surface area (Å²) in [5.74, 6) is 0.962. The number of hydrogen-bond donors (Lipinski definition) is 1.